The maximum absolute atomic E-state index is 13.1. The van der Waals surface area contributed by atoms with Crippen LogP contribution in [0.2, 0.25) is 0 Å². The summed E-state index contributed by atoms with van der Waals surface area (Å²) in [5.41, 5.74) is 4.62. The lowest BCUT2D eigenvalue weighted by molar-refractivity contribution is -0.158. The molecule has 3 amide bonds. The van der Waals surface area contributed by atoms with Crippen molar-refractivity contribution < 1.29 is 23.9 Å². The van der Waals surface area contributed by atoms with Gasteiger partial charge in [0.2, 0.25) is 5.91 Å². The molecule has 2 aliphatic heterocycles. The van der Waals surface area contributed by atoms with E-state index in [2.05, 4.69) is 21.0 Å². The van der Waals surface area contributed by atoms with Crippen LogP contribution in [0.25, 0.3) is 16.8 Å². The third-order valence-corrected chi connectivity index (χ3v) is 6.82. The molecule has 4 atom stereocenters. The Morgan fingerprint density at radius 2 is 1.76 bits per heavy atom. The van der Waals surface area contributed by atoms with Crippen molar-refractivity contribution in [2.24, 2.45) is 5.92 Å². The van der Waals surface area contributed by atoms with Gasteiger partial charge in [0.15, 0.2) is 6.10 Å². The Kier molecular flexibility index (Phi) is 8.41. The summed E-state index contributed by atoms with van der Waals surface area (Å²) in [7, 11) is 0. The van der Waals surface area contributed by atoms with Gasteiger partial charge in [-0.3, -0.25) is 29.2 Å². The number of hydrogen-bond donors (Lipinski definition) is 3. The van der Waals surface area contributed by atoms with E-state index in [-0.39, 0.29) is 30.2 Å². The molecule has 0 aliphatic carbocycles. The molecule has 3 heterocycles. The summed E-state index contributed by atoms with van der Waals surface area (Å²) in [6.45, 7) is 7.43. The highest BCUT2D eigenvalue weighted by molar-refractivity contribution is 5.91. The fourth-order valence-corrected chi connectivity index (χ4v) is 4.62. The van der Waals surface area contributed by atoms with Crippen LogP contribution in [0.4, 0.5) is 0 Å². The molecular weight excluding hydrogens is 486 g/mol. The number of cyclic esters (lactones) is 1. The number of nitrogens with zero attached hydrogens (tertiary/aromatic N) is 2. The summed E-state index contributed by atoms with van der Waals surface area (Å²) in [5.74, 6) is -1.98. The van der Waals surface area contributed by atoms with Gasteiger partial charge in [0.1, 0.15) is 12.1 Å². The third kappa shape index (κ3) is 6.36. The minimum absolute atomic E-state index is 0.0348. The first-order valence-electron chi connectivity index (χ1n) is 13.1. The molecule has 0 unspecified atom stereocenters. The highest BCUT2D eigenvalue weighted by Gasteiger charge is 2.33. The topological polar surface area (TPSA) is 130 Å². The van der Waals surface area contributed by atoms with E-state index in [1.165, 1.54) is 5.01 Å². The molecule has 10 heteroatoms. The van der Waals surface area contributed by atoms with Gasteiger partial charge in [0.05, 0.1) is 18.2 Å². The predicted molar refractivity (Wildman–Crippen MR) is 142 cm³/mol. The summed E-state index contributed by atoms with van der Waals surface area (Å²) in [5, 5.41) is 9.00. The number of amides is 3. The Morgan fingerprint density at radius 3 is 2.53 bits per heavy atom. The van der Waals surface area contributed by atoms with Crippen LogP contribution >= 0.6 is 0 Å². The number of ether oxygens (including phenoxy) is 1. The highest BCUT2D eigenvalue weighted by atomic mass is 16.5. The first kappa shape index (κ1) is 27.3. The molecule has 0 radical (unpaired) electrons. The zero-order valence-corrected chi connectivity index (χ0v) is 22.2. The molecule has 5 bridgehead atoms. The van der Waals surface area contributed by atoms with Gasteiger partial charge in [-0.25, -0.2) is 5.43 Å². The molecule has 2 aliphatic rings. The molecule has 10 nitrogen and oxygen atoms in total. The molecular formula is C28H35N5O5. The minimum atomic E-state index is -1.05. The summed E-state index contributed by atoms with van der Waals surface area (Å²) in [6.07, 6.45) is 5.26. The molecule has 1 aromatic carbocycles. The monoisotopic (exact) mass is 521 g/mol. The second-order valence-corrected chi connectivity index (χ2v) is 10.3. The van der Waals surface area contributed by atoms with E-state index in [4.69, 9.17) is 4.74 Å². The van der Waals surface area contributed by atoms with Crippen LogP contribution in [-0.4, -0.2) is 58.4 Å². The fourth-order valence-electron chi connectivity index (χ4n) is 4.62. The van der Waals surface area contributed by atoms with E-state index < -0.39 is 30.1 Å². The maximum atomic E-state index is 13.1. The van der Waals surface area contributed by atoms with Crippen molar-refractivity contribution in [3.8, 4) is 0 Å². The van der Waals surface area contributed by atoms with Crippen LogP contribution in [0.5, 0.6) is 0 Å². The fraction of sp³-hybridized carbons (Fsp3) is 0.464. The number of hydrazine groups is 1. The Hall–Kier alpha value is -3.79. The van der Waals surface area contributed by atoms with E-state index in [0.717, 1.165) is 16.3 Å². The highest BCUT2D eigenvalue weighted by Crippen LogP contribution is 2.22. The van der Waals surface area contributed by atoms with Crippen molar-refractivity contribution in [3.05, 3.63) is 47.8 Å². The van der Waals surface area contributed by atoms with Gasteiger partial charge in [0, 0.05) is 18.1 Å². The maximum Gasteiger partial charge on any atom is 0.310 e. The summed E-state index contributed by atoms with van der Waals surface area (Å²) >= 11 is 0. The Morgan fingerprint density at radius 1 is 1.00 bits per heavy atom. The number of carbonyl (C=O) groups excluding carboxylic acids is 4. The van der Waals surface area contributed by atoms with Crippen LogP contribution in [0.3, 0.4) is 0 Å². The zero-order chi connectivity index (χ0) is 27.4. The number of pyridine rings is 1. The number of esters is 1. The lowest BCUT2D eigenvalue weighted by Gasteiger charge is -2.35. The molecule has 3 N–H and O–H groups in total. The summed E-state index contributed by atoms with van der Waals surface area (Å²) < 4.78 is 5.48. The van der Waals surface area contributed by atoms with Crippen LogP contribution in [0, 0.1) is 5.92 Å². The predicted octanol–water partition coefficient (Wildman–Crippen LogP) is 2.40. The first-order valence-corrected chi connectivity index (χ1v) is 13.1. The van der Waals surface area contributed by atoms with Crippen LogP contribution in [0.1, 0.15) is 64.3 Å². The Labute approximate surface area is 222 Å². The van der Waals surface area contributed by atoms with Crippen molar-refractivity contribution in [1.82, 2.24) is 26.1 Å². The van der Waals surface area contributed by atoms with Gasteiger partial charge >= 0.3 is 5.97 Å². The minimum Gasteiger partial charge on any atom is -0.452 e. The van der Waals surface area contributed by atoms with E-state index in [0.29, 0.717) is 25.1 Å². The van der Waals surface area contributed by atoms with Crippen molar-refractivity contribution >= 4 is 40.5 Å². The average molecular weight is 522 g/mol. The number of hydrogen-bond acceptors (Lipinski definition) is 7. The lowest BCUT2D eigenvalue weighted by atomic mass is 10.0. The number of benzene rings is 1. The van der Waals surface area contributed by atoms with Gasteiger partial charge in [0.25, 0.3) is 11.8 Å². The van der Waals surface area contributed by atoms with Crippen LogP contribution in [0.15, 0.2) is 36.5 Å². The van der Waals surface area contributed by atoms with Gasteiger partial charge in [-0.2, -0.15) is 0 Å². The number of rotatable bonds is 1. The molecule has 1 saturated heterocycles. The van der Waals surface area contributed by atoms with Crippen molar-refractivity contribution in [3.63, 3.8) is 0 Å². The number of nitrogens with one attached hydrogen (secondary N) is 3. The molecule has 0 saturated carbocycles. The summed E-state index contributed by atoms with van der Waals surface area (Å²) in [4.78, 5) is 56.1. The average Bonchev–Trinajstić information content (AvgIpc) is 2.90. The number of fused-ring (bicyclic) bond motifs is 4. The zero-order valence-electron chi connectivity index (χ0n) is 22.2. The largest absolute Gasteiger partial charge is 0.452 e. The molecule has 4 rings (SSSR count). The van der Waals surface area contributed by atoms with Crippen LogP contribution in [-0.2, 0) is 23.9 Å². The Bertz CT molecular complexity index is 1260. The molecule has 0 spiro atoms. The van der Waals surface area contributed by atoms with Gasteiger partial charge in [-0.05, 0) is 61.8 Å². The second-order valence-electron chi connectivity index (χ2n) is 10.3. The van der Waals surface area contributed by atoms with Gasteiger partial charge < -0.3 is 15.4 Å². The molecule has 2 aromatic rings. The Balaban J connectivity index is 1.64. The second kappa shape index (κ2) is 11.7. The van der Waals surface area contributed by atoms with Crippen molar-refractivity contribution in [2.75, 3.05) is 6.54 Å². The number of carbonyl (C=O) groups is 4. The standard InChI is InChI=1S/C28H35N5O5/c1-16(2)25-27(36)31-18(4)28(37)33-12-6-8-23(32-33)26(35)30-17(3)19-10-11-20-15-29-22(14-21(20)13-19)7-5-9-24(34)38-25/h5,7,10-11,13-18,23,25,32H,6,8-9,12H2,1-4H3,(H,30,35)(H,31,36)/b7-5+/t17-,18+,23+,25+/m1/s1. The molecule has 38 heavy (non-hydrogen) atoms. The van der Waals surface area contributed by atoms with Crippen molar-refractivity contribution in [1.29, 1.82) is 0 Å². The van der Waals surface area contributed by atoms with E-state index in [1.807, 2.05) is 31.2 Å². The number of aromatic nitrogens is 1. The van der Waals surface area contributed by atoms with Crippen molar-refractivity contribution in [2.45, 2.75) is 71.2 Å². The first-order chi connectivity index (χ1) is 18.1. The quantitative estimate of drug-likeness (QED) is 0.492. The molecule has 1 fully saturated rings. The molecule has 1 aromatic heterocycles. The lowest BCUT2D eigenvalue weighted by Crippen LogP contribution is -2.61. The van der Waals surface area contributed by atoms with Gasteiger partial charge in [-0.15, -0.1) is 0 Å². The van der Waals surface area contributed by atoms with E-state index in [9.17, 15) is 19.2 Å². The van der Waals surface area contributed by atoms with Crippen LogP contribution < -0.4 is 16.1 Å². The SMILES string of the molecule is CC(C)[C@@H]1OC(=O)C/C=C/c2cc3cc(ccc3cn2)[C@@H](C)NC(=O)[C@@H]2CCCN(N2)C(=O)[C@H](C)NC1=O. The third-order valence-electron chi connectivity index (χ3n) is 6.82. The van der Waals surface area contributed by atoms with Gasteiger partial charge in [-0.1, -0.05) is 32.1 Å². The normalized spacial score (nSPS) is 26.6. The van der Waals surface area contributed by atoms with E-state index >= 15 is 0 Å². The molecule has 202 valence electrons. The van der Waals surface area contributed by atoms with E-state index in [1.54, 1.807) is 39.1 Å². The summed E-state index contributed by atoms with van der Waals surface area (Å²) in [6, 6.07) is 6.10. The smallest absolute Gasteiger partial charge is 0.310 e.